The normalized spacial score (nSPS) is 18.3. The van der Waals surface area contributed by atoms with Gasteiger partial charge in [0.25, 0.3) is 0 Å². The van der Waals surface area contributed by atoms with Crippen LogP contribution in [0.4, 0.5) is 5.69 Å². The van der Waals surface area contributed by atoms with Crippen molar-refractivity contribution in [3.8, 4) is 0 Å². The van der Waals surface area contributed by atoms with Crippen molar-refractivity contribution in [3.63, 3.8) is 0 Å². The molecule has 1 aliphatic carbocycles. The Labute approximate surface area is 260 Å². The van der Waals surface area contributed by atoms with E-state index < -0.39 is 16.1 Å². The number of aromatic nitrogens is 3. The summed E-state index contributed by atoms with van der Waals surface area (Å²) < 4.78 is 35.8. The number of fused-ring (bicyclic) bond motifs is 1. The van der Waals surface area contributed by atoms with Crippen molar-refractivity contribution < 1.29 is 22.7 Å². The summed E-state index contributed by atoms with van der Waals surface area (Å²) in [6.45, 7) is 0.666. The molecule has 2 aromatic carbocycles. The van der Waals surface area contributed by atoms with Crippen molar-refractivity contribution in [1.29, 1.82) is 0 Å². The van der Waals surface area contributed by atoms with E-state index >= 15 is 0 Å². The van der Waals surface area contributed by atoms with Crippen molar-refractivity contribution in [3.05, 3.63) is 70.9 Å². The third-order valence-electron chi connectivity index (χ3n) is 8.19. The fraction of sp³-hybridized carbons (Fsp3) is 0.419. The molecule has 44 heavy (non-hydrogen) atoms. The minimum atomic E-state index is -3.81. The number of sulfonamides is 1. The molecule has 0 spiro atoms. The van der Waals surface area contributed by atoms with Gasteiger partial charge in [-0.2, -0.15) is 0 Å². The van der Waals surface area contributed by atoms with Crippen molar-refractivity contribution in [2.75, 3.05) is 18.1 Å². The SMILES string of the molecule is O=C(NC1CCCCC1)[C@H](c1cccs1)N(C(=O)Cn1nnc2ccccc21)c1ccc(S(=O)(=O)NC[C@@H]2CCCO2)cc1. The lowest BCUT2D eigenvalue weighted by Crippen LogP contribution is -2.48. The summed E-state index contributed by atoms with van der Waals surface area (Å²) in [6.07, 6.45) is 6.62. The molecular weight excluding hydrogens is 601 g/mol. The van der Waals surface area contributed by atoms with Crippen molar-refractivity contribution >= 4 is 49.9 Å². The lowest BCUT2D eigenvalue weighted by Gasteiger charge is -2.33. The molecule has 0 radical (unpaired) electrons. The highest BCUT2D eigenvalue weighted by Gasteiger charge is 2.35. The Morgan fingerprint density at radius 3 is 2.52 bits per heavy atom. The van der Waals surface area contributed by atoms with Gasteiger partial charge in [0.2, 0.25) is 21.8 Å². The molecule has 2 N–H and O–H groups in total. The standard InChI is InChI=1S/C31H36N6O5S2/c38-29(21-36-27-12-5-4-11-26(27)34-35-36)37(30(28-13-7-19-43-28)31(39)33-22-8-2-1-3-9-22)23-14-16-25(17-15-23)44(40,41)32-20-24-10-6-18-42-24/h4-5,7,11-17,19,22,24,30,32H,1-3,6,8-10,18,20-21H2,(H,33,39)/t24-,30-/m0/s1. The average Bonchev–Trinajstić information content (AvgIpc) is 3.83. The Morgan fingerprint density at radius 1 is 1.00 bits per heavy atom. The number of thiophene rings is 1. The zero-order valence-electron chi connectivity index (χ0n) is 24.3. The Bertz CT molecular complexity index is 1680. The highest BCUT2D eigenvalue weighted by Crippen LogP contribution is 2.33. The molecule has 0 unspecified atom stereocenters. The van der Waals surface area contributed by atoms with Crippen LogP contribution in [0, 0.1) is 0 Å². The van der Waals surface area contributed by atoms with E-state index in [1.807, 2.05) is 41.8 Å². The molecule has 4 aromatic rings. The lowest BCUT2D eigenvalue weighted by atomic mass is 9.95. The van der Waals surface area contributed by atoms with E-state index in [-0.39, 0.29) is 41.9 Å². The van der Waals surface area contributed by atoms with Crippen LogP contribution in [0.25, 0.3) is 11.0 Å². The molecule has 11 nitrogen and oxygen atoms in total. The number of benzene rings is 2. The topological polar surface area (TPSA) is 136 Å². The van der Waals surface area contributed by atoms with Gasteiger partial charge in [-0.15, -0.1) is 16.4 Å². The molecule has 13 heteroatoms. The number of hydrogen-bond acceptors (Lipinski definition) is 8. The average molecular weight is 637 g/mol. The van der Waals surface area contributed by atoms with Gasteiger partial charge in [0.15, 0.2) is 0 Å². The maximum absolute atomic E-state index is 14.2. The summed E-state index contributed by atoms with van der Waals surface area (Å²) in [4.78, 5) is 30.5. The zero-order chi connectivity index (χ0) is 30.5. The molecule has 2 aromatic heterocycles. The number of para-hydroxylation sites is 1. The van der Waals surface area contributed by atoms with E-state index in [2.05, 4.69) is 20.4 Å². The van der Waals surface area contributed by atoms with Crippen LogP contribution in [-0.2, 0) is 30.9 Å². The molecule has 2 fully saturated rings. The van der Waals surface area contributed by atoms with Gasteiger partial charge < -0.3 is 10.1 Å². The monoisotopic (exact) mass is 636 g/mol. The second-order valence-electron chi connectivity index (χ2n) is 11.2. The molecular formula is C31H36N6O5S2. The minimum Gasteiger partial charge on any atom is -0.377 e. The number of carbonyl (C=O) groups is 2. The highest BCUT2D eigenvalue weighted by molar-refractivity contribution is 7.89. The second-order valence-corrected chi connectivity index (χ2v) is 14.0. The summed E-state index contributed by atoms with van der Waals surface area (Å²) in [5.41, 5.74) is 1.75. The molecule has 3 heterocycles. The number of nitrogens with zero attached hydrogens (tertiary/aromatic N) is 4. The van der Waals surface area contributed by atoms with Gasteiger partial charge in [0.05, 0.1) is 16.5 Å². The fourth-order valence-corrected chi connectivity index (χ4v) is 7.78. The van der Waals surface area contributed by atoms with Crippen LogP contribution in [0.5, 0.6) is 0 Å². The lowest BCUT2D eigenvalue weighted by molar-refractivity contribution is -0.127. The maximum atomic E-state index is 14.2. The predicted octanol–water partition coefficient (Wildman–Crippen LogP) is 4.17. The molecule has 232 valence electrons. The summed E-state index contributed by atoms with van der Waals surface area (Å²) >= 11 is 1.39. The van der Waals surface area contributed by atoms with Gasteiger partial charge in [0.1, 0.15) is 18.1 Å². The molecule has 1 saturated carbocycles. The number of anilines is 1. The summed E-state index contributed by atoms with van der Waals surface area (Å²) in [6, 6.07) is 16.2. The van der Waals surface area contributed by atoms with E-state index in [0.29, 0.717) is 28.2 Å². The number of amides is 2. The first-order chi connectivity index (χ1) is 21.4. The minimum absolute atomic E-state index is 0.0392. The van der Waals surface area contributed by atoms with Gasteiger partial charge in [-0.3, -0.25) is 14.5 Å². The van der Waals surface area contributed by atoms with Gasteiger partial charge in [-0.05, 0) is 73.5 Å². The first-order valence-corrected chi connectivity index (χ1v) is 17.4. The number of nitrogens with one attached hydrogen (secondary N) is 2. The Balaban J connectivity index is 1.33. The first kappa shape index (κ1) is 30.4. The summed E-state index contributed by atoms with van der Waals surface area (Å²) in [7, 11) is -3.81. The smallest absolute Gasteiger partial charge is 0.249 e. The number of rotatable bonds is 11. The van der Waals surface area contributed by atoms with Gasteiger partial charge in [0, 0.05) is 29.8 Å². The van der Waals surface area contributed by atoms with E-state index in [9.17, 15) is 18.0 Å². The molecule has 1 aliphatic heterocycles. The molecule has 6 rings (SSSR count). The van der Waals surface area contributed by atoms with Crippen LogP contribution >= 0.6 is 11.3 Å². The molecule has 2 amide bonds. The van der Waals surface area contributed by atoms with Crippen LogP contribution in [0.15, 0.2) is 70.9 Å². The Hall–Kier alpha value is -3.65. The summed E-state index contributed by atoms with van der Waals surface area (Å²) in [5, 5.41) is 13.4. The van der Waals surface area contributed by atoms with E-state index in [1.54, 1.807) is 12.1 Å². The van der Waals surface area contributed by atoms with E-state index in [0.717, 1.165) is 44.9 Å². The zero-order valence-corrected chi connectivity index (χ0v) is 25.9. The summed E-state index contributed by atoms with van der Waals surface area (Å²) in [5.74, 6) is -0.656. The van der Waals surface area contributed by atoms with Crippen molar-refractivity contribution in [2.24, 2.45) is 0 Å². The van der Waals surface area contributed by atoms with Crippen LogP contribution in [0.2, 0.25) is 0 Å². The Kier molecular flexibility index (Phi) is 9.36. The third-order valence-corrected chi connectivity index (χ3v) is 10.6. The van der Waals surface area contributed by atoms with E-state index in [4.69, 9.17) is 4.74 Å². The fourth-order valence-electron chi connectivity index (χ4n) is 5.90. The molecule has 0 bridgehead atoms. The van der Waals surface area contributed by atoms with Gasteiger partial charge >= 0.3 is 0 Å². The quantitative estimate of drug-likeness (QED) is 0.252. The van der Waals surface area contributed by atoms with Gasteiger partial charge in [-0.25, -0.2) is 17.8 Å². The van der Waals surface area contributed by atoms with E-state index in [1.165, 1.54) is 33.1 Å². The number of ether oxygens (including phenoxy) is 1. The predicted molar refractivity (Wildman–Crippen MR) is 168 cm³/mol. The van der Waals surface area contributed by atoms with Crippen molar-refractivity contribution in [2.45, 2.75) is 74.6 Å². The first-order valence-electron chi connectivity index (χ1n) is 15.0. The molecule has 2 atom stereocenters. The maximum Gasteiger partial charge on any atom is 0.249 e. The third kappa shape index (κ3) is 6.85. The van der Waals surface area contributed by atoms with Crippen LogP contribution in [0.1, 0.15) is 55.9 Å². The number of hydrogen-bond donors (Lipinski definition) is 2. The van der Waals surface area contributed by atoms with Crippen LogP contribution in [0.3, 0.4) is 0 Å². The molecule has 1 saturated heterocycles. The largest absolute Gasteiger partial charge is 0.377 e. The van der Waals surface area contributed by atoms with Gasteiger partial charge in [-0.1, -0.05) is 42.7 Å². The second kappa shape index (κ2) is 13.6. The van der Waals surface area contributed by atoms with Crippen LogP contribution < -0.4 is 14.9 Å². The van der Waals surface area contributed by atoms with Crippen LogP contribution in [-0.4, -0.2) is 60.5 Å². The Morgan fingerprint density at radius 2 is 1.80 bits per heavy atom. The number of carbonyl (C=O) groups excluding carboxylic acids is 2. The van der Waals surface area contributed by atoms with Crippen molar-refractivity contribution in [1.82, 2.24) is 25.0 Å². The highest BCUT2D eigenvalue weighted by atomic mass is 32.2. The molecule has 2 aliphatic rings.